The Morgan fingerprint density at radius 1 is 1.36 bits per heavy atom. The van der Waals surface area contributed by atoms with Crippen LogP contribution in [0.2, 0.25) is 0 Å². The zero-order chi connectivity index (χ0) is 16.3. The van der Waals surface area contributed by atoms with Crippen LogP contribution >= 0.6 is 12.2 Å². The van der Waals surface area contributed by atoms with Gasteiger partial charge in [0.2, 0.25) is 0 Å². The second kappa shape index (κ2) is 6.18. The summed E-state index contributed by atoms with van der Waals surface area (Å²) in [5.74, 6) is 0. The maximum absolute atomic E-state index is 12.5. The second-order valence-corrected chi connectivity index (χ2v) is 4.90. The summed E-state index contributed by atoms with van der Waals surface area (Å²) in [4.78, 5) is 11.5. The minimum Gasteiger partial charge on any atom is -0.331 e. The third-order valence-corrected chi connectivity index (χ3v) is 2.87. The number of nitrogens with zero attached hydrogens (tertiary/aromatic N) is 2. The molecule has 0 aromatic heterocycles. The zero-order valence-corrected chi connectivity index (χ0v) is 12.2. The van der Waals surface area contributed by atoms with Gasteiger partial charge in [-0.3, -0.25) is 5.43 Å². The number of thiocarbonyl (C=S) groups is 1. The van der Waals surface area contributed by atoms with Crippen molar-refractivity contribution in [3.05, 3.63) is 29.8 Å². The van der Waals surface area contributed by atoms with Crippen LogP contribution in [-0.2, 0) is 6.18 Å². The van der Waals surface area contributed by atoms with Crippen LogP contribution in [-0.4, -0.2) is 28.4 Å². The van der Waals surface area contributed by atoms with E-state index in [0.29, 0.717) is 11.4 Å². The predicted molar refractivity (Wildman–Crippen MR) is 79.1 cm³/mol. The molecule has 0 fully saturated rings. The quantitative estimate of drug-likeness (QED) is 0.728. The molecule has 22 heavy (non-hydrogen) atoms. The minimum absolute atomic E-state index is 0.0737. The second-order valence-electron chi connectivity index (χ2n) is 4.49. The van der Waals surface area contributed by atoms with Gasteiger partial charge in [0, 0.05) is 5.69 Å². The summed E-state index contributed by atoms with van der Waals surface area (Å²) in [6.07, 6.45) is -4.39. The summed E-state index contributed by atoms with van der Waals surface area (Å²) >= 11 is 5.01. The van der Waals surface area contributed by atoms with E-state index in [-0.39, 0.29) is 11.7 Å². The summed E-state index contributed by atoms with van der Waals surface area (Å²) in [6, 6.07) is 3.90. The van der Waals surface area contributed by atoms with Crippen LogP contribution < -0.4 is 16.2 Å². The van der Waals surface area contributed by atoms with Crippen molar-refractivity contribution in [3.63, 3.8) is 0 Å². The van der Waals surface area contributed by atoms with Crippen LogP contribution in [0.3, 0.4) is 0 Å². The number of hydrazone groups is 1. The van der Waals surface area contributed by atoms with Crippen LogP contribution in [0.25, 0.3) is 0 Å². The lowest BCUT2D eigenvalue weighted by molar-refractivity contribution is -0.137. The summed E-state index contributed by atoms with van der Waals surface area (Å²) in [7, 11) is 0. The highest BCUT2D eigenvalue weighted by Crippen LogP contribution is 2.29. The number of hydrogen-bond donors (Lipinski definition) is 3. The molecular formula is C12H12F3N5OS. The molecule has 10 heteroatoms. The molecule has 2 amide bonds. The van der Waals surface area contributed by atoms with Gasteiger partial charge >= 0.3 is 12.2 Å². The average Bonchev–Trinajstić information content (AvgIpc) is 2.42. The monoisotopic (exact) mass is 331 g/mol. The Bertz CT molecular complexity index is 614. The van der Waals surface area contributed by atoms with E-state index in [2.05, 4.69) is 21.3 Å². The Hall–Kier alpha value is -2.36. The third-order valence-electron chi connectivity index (χ3n) is 2.68. The van der Waals surface area contributed by atoms with Crippen molar-refractivity contribution in [3.8, 4) is 0 Å². The van der Waals surface area contributed by atoms with Crippen LogP contribution in [0, 0.1) is 0 Å². The normalized spacial score (nSPS) is 15.0. The maximum Gasteiger partial charge on any atom is 0.416 e. The highest BCUT2D eigenvalue weighted by molar-refractivity contribution is 7.80. The van der Waals surface area contributed by atoms with Gasteiger partial charge in [0.05, 0.1) is 17.8 Å². The number of urea groups is 1. The molecule has 0 spiro atoms. The Kier molecular flexibility index (Phi) is 4.50. The molecular weight excluding hydrogens is 319 g/mol. The number of benzene rings is 1. The van der Waals surface area contributed by atoms with Gasteiger partial charge in [0.1, 0.15) is 0 Å². The van der Waals surface area contributed by atoms with Gasteiger partial charge in [0.25, 0.3) is 0 Å². The fourth-order valence-electron chi connectivity index (χ4n) is 1.65. The van der Waals surface area contributed by atoms with E-state index in [9.17, 15) is 18.0 Å². The predicted octanol–water partition coefficient (Wildman–Crippen LogP) is 2.31. The standard InChI is InChI=1S/C12H12F3N5OS/c1-7-6-20(11(21)18-17-7)19-10(22)16-9-4-2-8(3-5-9)12(13,14)15/h2-5H,6H2,1H3,(H,18,21)(H2,16,19,22). The highest BCUT2D eigenvalue weighted by atomic mass is 32.1. The first-order chi connectivity index (χ1) is 10.3. The molecule has 6 nitrogen and oxygen atoms in total. The number of alkyl halides is 3. The molecule has 0 atom stereocenters. The van der Waals surface area contributed by atoms with Gasteiger partial charge in [-0.1, -0.05) is 0 Å². The van der Waals surface area contributed by atoms with Gasteiger partial charge < -0.3 is 5.32 Å². The molecule has 2 rings (SSSR count). The van der Waals surface area contributed by atoms with Crippen molar-refractivity contribution >= 4 is 34.8 Å². The number of hydrogen-bond acceptors (Lipinski definition) is 3. The summed E-state index contributed by atoms with van der Waals surface area (Å²) in [5.41, 5.74) is 5.19. The van der Waals surface area contributed by atoms with Gasteiger partial charge in [0.15, 0.2) is 5.11 Å². The number of carbonyl (C=O) groups is 1. The molecule has 0 radical (unpaired) electrons. The minimum atomic E-state index is -4.39. The molecule has 1 heterocycles. The maximum atomic E-state index is 12.5. The largest absolute Gasteiger partial charge is 0.416 e. The van der Waals surface area contributed by atoms with E-state index >= 15 is 0 Å². The van der Waals surface area contributed by atoms with E-state index in [4.69, 9.17) is 12.2 Å². The third kappa shape index (κ3) is 4.07. The molecule has 0 aliphatic carbocycles. The summed E-state index contributed by atoms with van der Waals surface area (Å²) in [6.45, 7) is 1.96. The number of nitrogens with one attached hydrogen (secondary N) is 3. The lowest BCUT2D eigenvalue weighted by Gasteiger charge is -2.27. The van der Waals surface area contributed by atoms with Crippen LogP contribution in [0.4, 0.5) is 23.7 Å². The topological polar surface area (TPSA) is 68.8 Å². The van der Waals surface area contributed by atoms with Crippen molar-refractivity contribution in [2.45, 2.75) is 13.1 Å². The fraction of sp³-hybridized carbons (Fsp3) is 0.250. The summed E-state index contributed by atoms with van der Waals surface area (Å²) in [5, 5.41) is 7.71. The Morgan fingerprint density at radius 2 is 2.00 bits per heavy atom. The first kappa shape index (κ1) is 16.0. The number of rotatable bonds is 2. The van der Waals surface area contributed by atoms with Gasteiger partial charge in [-0.25, -0.2) is 15.2 Å². The van der Waals surface area contributed by atoms with Crippen molar-refractivity contribution in [1.82, 2.24) is 15.9 Å². The van der Waals surface area contributed by atoms with Crippen LogP contribution in [0.5, 0.6) is 0 Å². The van der Waals surface area contributed by atoms with Crippen LogP contribution in [0.15, 0.2) is 29.4 Å². The smallest absolute Gasteiger partial charge is 0.331 e. The lowest BCUT2D eigenvalue weighted by Crippen LogP contribution is -2.55. The number of hydrazine groups is 1. The molecule has 1 aliphatic rings. The zero-order valence-electron chi connectivity index (χ0n) is 11.4. The van der Waals surface area contributed by atoms with E-state index in [1.165, 1.54) is 17.1 Å². The Balaban J connectivity index is 1.95. The molecule has 1 aromatic rings. The highest BCUT2D eigenvalue weighted by Gasteiger charge is 2.30. The number of halogens is 3. The lowest BCUT2D eigenvalue weighted by atomic mass is 10.2. The molecule has 118 valence electrons. The SMILES string of the molecule is CC1=NNC(=O)N(NC(=S)Nc2ccc(C(F)(F)F)cc2)C1. The van der Waals surface area contributed by atoms with Crippen molar-refractivity contribution in [2.24, 2.45) is 5.10 Å². The van der Waals surface area contributed by atoms with Gasteiger partial charge in [-0.15, -0.1) is 0 Å². The molecule has 0 saturated heterocycles. The Labute approximate surface area is 129 Å². The average molecular weight is 331 g/mol. The fourth-order valence-corrected chi connectivity index (χ4v) is 1.88. The van der Waals surface area contributed by atoms with Crippen LogP contribution in [0.1, 0.15) is 12.5 Å². The van der Waals surface area contributed by atoms with Gasteiger partial charge in [-0.2, -0.15) is 18.3 Å². The van der Waals surface area contributed by atoms with Gasteiger partial charge in [-0.05, 0) is 43.4 Å². The molecule has 0 unspecified atom stereocenters. The molecule has 1 aromatic carbocycles. The Morgan fingerprint density at radius 3 is 2.59 bits per heavy atom. The van der Waals surface area contributed by atoms with E-state index in [1.54, 1.807) is 6.92 Å². The molecule has 1 aliphatic heterocycles. The van der Waals surface area contributed by atoms with E-state index in [1.807, 2.05) is 0 Å². The van der Waals surface area contributed by atoms with Crippen molar-refractivity contribution < 1.29 is 18.0 Å². The van der Waals surface area contributed by atoms with E-state index < -0.39 is 17.8 Å². The number of anilines is 1. The molecule has 0 bridgehead atoms. The number of amides is 2. The van der Waals surface area contributed by atoms with Crippen molar-refractivity contribution in [2.75, 3.05) is 11.9 Å². The van der Waals surface area contributed by atoms with E-state index in [0.717, 1.165) is 12.1 Å². The van der Waals surface area contributed by atoms with Crippen molar-refractivity contribution in [1.29, 1.82) is 0 Å². The number of carbonyl (C=O) groups excluding carboxylic acids is 1. The first-order valence-corrected chi connectivity index (χ1v) is 6.52. The first-order valence-electron chi connectivity index (χ1n) is 6.11. The summed E-state index contributed by atoms with van der Waals surface area (Å²) < 4.78 is 37.4. The molecule has 0 saturated carbocycles. The molecule has 3 N–H and O–H groups in total.